The van der Waals surface area contributed by atoms with Crippen molar-refractivity contribution >= 4 is 23.5 Å². The maximum Gasteiger partial charge on any atom is 0.282 e. The van der Waals surface area contributed by atoms with Crippen LogP contribution in [0.2, 0.25) is 0 Å². The monoisotopic (exact) mass is 382 g/mol. The van der Waals surface area contributed by atoms with Gasteiger partial charge in [0.1, 0.15) is 11.5 Å². The number of aryl methyl sites for hydroxylation is 1. The summed E-state index contributed by atoms with van der Waals surface area (Å²) in [6, 6.07) is 23.2. The molecule has 3 aromatic rings. The highest BCUT2D eigenvalue weighted by Gasteiger charge is 2.32. The Morgan fingerprint density at radius 2 is 1.76 bits per heavy atom. The van der Waals surface area contributed by atoms with Crippen LogP contribution in [0.25, 0.3) is 6.08 Å². The molecule has 1 amide bonds. The van der Waals surface area contributed by atoms with Gasteiger partial charge in [-0.05, 0) is 48.4 Å². The Morgan fingerprint density at radius 1 is 0.931 bits per heavy atom. The third kappa shape index (κ3) is 3.17. The van der Waals surface area contributed by atoms with Crippen LogP contribution >= 0.6 is 0 Å². The first-order valence-electron chi connectivity index (χ1n) is 9.36. The van der Waals surface area contributed by atoms with Gasteiger partial charge in [-0.1, -0.05) is 48.5 Å². The van der Waals surface area contributed by atoms with Gasteiger partial charge < -0.3 is 9.47 Å². The van der Waals surface area contributed by atoms with E-state index in [1.807, 2.05) is 79.7 Å². The summed E-state index contributed by atoms with van der Waals surface area (Å²) >= 11 is 0. The van der Waals surface area contributed by atoms with E-state index in [1.54, 1.807) is 11.0 Å². The molecule has 0 saturated carbocycles. The highest BCUT2D eigenvalue weighted by molar-refractivity contribution is 6.33. The van der Waals surface area contributed by atoms with Gasteiger partial charge in [-0.2, -0.15) is 0 Å². The molecule has 3 aromatic carbocycles. The van der Waals surface area contributed by atoms with Crippen molar-refractivity contribution in [3.05, 3.63) is 95.2 Å². The van der Waals surface area contributed by atoms with Crippen LogP contribution in [0.5, 0.6) is 11.5 Å². The standard InChI is InChI=1S/C24H18N2O3/c1-16-6-5-9-19(12-16)26-23(18-7-3-2-4-8-18)25-20(24(26)27)13-17-10-11-21-22(14-17)29-15-28-21/h2-14H,15H2,1H3/b20-13+. The molecule has 0 spiro atoms. The summed E-state index contributed by atoms with van der Waals surface area (Å²) in [5, 5.41) is 0. The summed E-state index contributed by atoms with van der Waals surface area (Å²) in [5.74, 6) is 1.84. The second-order valence-corrected chi connectivity index (χ2v) is 6.92. The fourth-order valence-electron chi connectivity index (χ4n) is 3.46. The van der Waals surface area contributed by atoms with Crippen molar-refractivity contribution in [1.82, 2.24) is 0 Å². The molecule has 0 saturated heterocycles. The lowest BCUT2D eigenvalue weighted by molar-refractivity contribution is -0.113. The molecule has 29 heavy (non-hydrogen) atoms. The summed E-state index contributed by atoms with van der Waals surface area (Å²) in [7, 11) is 0. The second kappa shape index (κ2) is 6.95. The van der Waals surface area contributed by atoms with E-state index >= 15 is 0 Å². The SMILES string of the molecule is Cc1cccc(N2C(=O)/C(=C\c3ccc4c(c3)OCO4)N=C2c2ccccc2)c1. The van der Waals surface area contributed by atoms with Crippen molar-refractivity contribution in [1.29, 1.82) is 0 Å². The molecule has 5 nitrogen and oxygen atoms in total. The molecule has 0 bridgehead atoms. The number of nitrogens with zero attached hydrogens (tertiary/aromatic N) is 2. The van der Waals surface area contributed by atoms with Crippen molar-refractivity contribution in [2.45, 2.75) is 6.92 Å². The molecule has 0 fully saturated rings. The van der Waals surface area contributed by atoms with E-state index in [0.717, 1.165) is 22.4 Å². The van der Waals surface area contributed by atoms with Gasteiger partial charge in [-0.15, -0.1) is 0 Å². The number of hydrogen-bond donors (Lipinski definition) is 0. The lowest BCUT2D eigenvalue weighted by Gasteiger charge is -2.19. The molecule has 5 heteroatoms. The first kappa shape index (κ1) is 17.3. The Kier molecular flexibility index (Phi) is 4.13. The zero-order valence-corrected chi connectivity index (χ0v) is 15.8. The fourth-order valence-corrected chi connectivity index (χ4v) is 3.46. The number of amidine groups is 1. The van der Waals surface area contributed by atoms with E-state index in [1.165, 1.54) is 0 Å². The van der Waals surface area contributed by atoms with E-state index < -0.39 is 0 Å². The van der Waals surface area contributed by atoms with Crippen molar-refractivity contribution in [3.63, 3.8) is 0 Å². The lowest BCUT2D eigenvalue weighted by atomic mass is 10.1. The zero-order valence-electron chi connectivity index (χ0n) is 15.8. The molecule has 2 aliphatic heterocycles. The molecular weight excluding hydrogens is 364 g/mol. The number of benzene rings is 3. The number of hydrogen-bond acceptors (Lipinski definition) is 4. The van der Waals surface area contributed by atoms with Crippen molar-refractivity contribution in [2.75, 3.05) is 11.7 Å². The number of fused-ring (bicyclic) bond motifs is 1. The first-order valence-corrected chi connectivity index (χ1v) is 9.36. The van der Waals surface area contributed by atoms with Gasteiger partial charge in [0.15, 0.2) is 11.5 Å². The second-order valence-electron chi connectivity index (χ2n) is 6.92. The lowest BCUT2D eigenvalue weighted by Crippen LogP contribution is -2.32. The average Bonchev–Trinajstić information content (AvgIpc) is 3.33. The van der Waals surface area contributed by atoms with Gasteiger partial charge in [-0.25, -0.2) is 4.99 Å². The van der Waals surface area contributed by atoms with E-state index in [9.17, 15) is 4.79 Å². The van der Waals surface area contributed by atoms with Gasteiger partial charge in [0.05, 0.1) is 5.69 Å². The molecule has 0 aliphatic carbocycles. The number of ether oxygens (including phenoxy) is 2. The Morgan fingerprint density at radius 3 is 2.59 bits per heavy atom. The van der Waals surface area contributed by atoms with Gasteiger partial charge in [0.25, 0.3) is 5.91 Å². The molecule has 0 radical (unpaired) electrons. The number of amides is 1. The summed E-state index contributed by atoms with van der Waals surface area (Å²) in [6.45, 7) is 2.22. The predicted molar refractivity (Wildman–Crippen MR) is 112 cm³/mol. The Labute approximate surface area is 168 Å². The number of carbonyl (C=O) groups excluding carboxylic acids is 1. The number of carbonyl (C=O) groups is 1. The first-order chi connectivity index (χ1) is 14.2. The van der Waals surface area contributed by atoms with E-state index in [0.29, 0.717) is 23.0 Å². The predicted octanol–water partition coefficient (Wildman–Crippen LogP) is 4.56. The Hall–Kier alpha value is -3.86. The average molecular weight is 382 g/mol. The van der Waals surface area contributed by atoms with Crippen molar-refractivity contribution in [3.8, 4) is 11.5 Å². The summed E-state index contributed by atoms with van der Waals surface area (Å²) in [6.07, 6.45) is 1.78. The quantitative estimate of drug-likeness (QED) is 0.624. The molecular formula is C24H18N2O3. The van der Waals surface area contributed by atoms with Crippen LogP contribution in [0, 0.1) is 6.92 Å². The molecule has 5 rings (SSSR count). The van der Waals surface area contributed by atoms with Crippen LogP contribution in [0.3, 0.4) is 0 Å². The molecule has 0 aromatic heterocycles. The number of anilines is 1. The van der Waals surface area contributed by atoms with Crippen LogP contribution in [0.4, 0.5) is 5.69 Å². The minimum atomic E-state index is -0.160. The summed E-state index contributed by atoms with van der Waals surface area (Å²) in [5.41, 5.74) is 3.98. The van der Waals surface area contributed by atoms with Gasteiger partial charge in [0.2, 0.25) is 6.79 Å². The van der Waals surface area contributed by atoms with E-state index in [2.05, 4.69) is 0 Å². The molecule has 0 atom stereocenters. The highest BCUT2D eigenvalue weighted by atomic mass is 16.7. The van der Waals surface area contributed by atoms with Crippen molar-refractivity contribution < 1.29 is 14.3 Å². The summed E-state index contributed by atoms with van der Waals surface area (Å²) < 4.78 is 10.8. The van der Waals surface area contributed by atoms with Gasteiger partial charge in [0, 0.05) is 5.56 Å². The van der Waals surface area contributed by atoms with Gasteiger partial charge >= 0.3 is 0 Å². The third-order valence-electron chi connectivity index (χ3n) is 4.85. The molecule has 2 heterocycles. The van der Waals surface area contributed by atoms with Crippen LogP contribution < -0.4 is 14.4 Å². The number of aliphatic imine (C=N–C) groups is 1. The minimum absolute atomic E-state index is 0.160. The van der Waals surface area contributed by atoms with E-state index in [4.69, 9.17) is 14.5 Å². The smallest absolute Gasteiger partial charge is 0.282 e. The topological polar surface area (TPSA) is 51.1 Å². The third-order valence-corrected chi connectivity index (χ3v) is 4.85. The molecule has 142 valence electrons. The number of rotatable bonds is 3. The van der Waals surface area contributed by atoms with Crippen LogP contribution in [-0.4, -0.2) is 18.5 Å². The fraction of sp³-hybridized carbons (Fsp3) is 0.0833. The van der Waals surface area contributed by atoms with Crippen LogP contribution in [-0.2, 0) is 4.79 Å². The maximum atomic E-state index is 13.3. The highest BCUT2D eigenvalue weighted by Crippen LogP contribution is 2.34. The zero-order chi connectivity index (χ0) is 19.8. The largest absolute Gasteiger partial charge is 0.454 e. The molecule has 2 aliphatic rings. The van der Waals surface area contributed by atoms with E-state index in [-0.39, 0.29) is 12.7 Å². The van der Waals surface area contributed by atoms with Crippen LogP contribution in [0.15, 0.2) is 83.5 Å². The minimum Gasteiger partial charge on any atom is -0.454 e. The molecule has 0 N–H and O–H groups in total. The Balaban J connectivity index is 1.60. The summed E-state index contributed by atoms with van der Waals surface area (Å²) in [4.78, 5) is 19.7. The Bertz CT molecular complexity index is 1170. The normalized spacial score (nSPS) is 16.4. The van der Waals surface area contributed by atoms with Gasteiger partial charge in [-0.3, -0.25) is 9.69 Å². The van der Waals surface area contributed by atoms with Crippen molar-refractivity contribution in [2.24, 2.45) is 4.99 Å². The van der Waals surface area contributed by atoms with Crippen LogP contribution in [0.1, 0.15) is 16.7 Å². The maximum absolute atomic E-state index is 13.3. The molecule has 0 unspecified atom stereocenters.